The maximum Gasteiger partial charge on any atom is 0.248 e. The first-order valence-electron chi connectivity index (χ1n) is 10.1. The Labute approximate surface area is 165 Å². The lowest BCUT2D eigenvalue weighted by molar-refractivity contribution is -0.136. The molecule has 1 aromatic heterocycles. The van der Waals surface area contributed by atoms with E-state index in [2.05, 4.69) is 9.97 Å². The van der Waals surface area contributed by atoms with Gasteiger partial charge in [-0.3, -0.25) is 19.6 Å². The van der Waals surface area contributed by atoms with E-state index in [1.54, 1.807) is 24.5 Å². The van der Waals surface area contributed by atoms with Gasteiger partial charge < -0.3 is 10.6 Å². The normalized spacial score (nSPS) is 20.3. The highest BCUT2D eigenvalue weighted by Crippen LogP contribution is 2.34. The minimum Gasteiger partial charge on any atom is -0.366 e. The van der Waals surface area contributed by atoms with Crippen LogP contribution in [0.5, 0.6) is 0 Å². The van der Waals surface area contributed by atoms with E-state index in [1.165, 1.54) is 0 Å². The van der Waals surface area contributed by atoms with E-state index in [-0.39, 0.29) is 11.8 Å². The molecule has 2 fully saturated rings. The SMILES string of the molecule is NC(=O)c1cccc(-c2nccnc2[C@@H]2CCCN(C(=O)C3CCCC3)C2)c1. The summed E-state index contributed by atoms with van der Waals surface area (Å²) in [7, 11) is 0. The number of nitrogens with zero attached hydrogens (tertiary/aromatic N) is 3. The van der Waals surface area contributed by atoms with Gasteiger partial charge >= 0.3 is 0 Å². The Kier molecular flexibility index (Phi) is 5.37. The van der Waals surface area contributed by atoms with Gasteiger partial charge in [0.1, 0.15) is 0 Å². The third-order valence-corrected chi connectivity index (χ3v) is 5.97. The van der Waals surface area contributed by atoms with Crippen molar-refractivity contribution >= 4 is 11.8 Å². The molecular formula is C22H26N4O2. The predicted molar refractivity (Wildman–Crippen MR) is 106 cm³/mol. The summed E-state index contributed by atoms with van der Waals surface area (Å²) in [6, 6.07) is 7.19. The molecule has 1 aromatic carbocycles. The summed E-state index contributed by atoms with van der Waals surface area (Å²) in [5.41, 5.74) is 8.39. The molecule has 2 N–H and O–H groups in total. The number of hydrogen-bond acceptors (Lipinski definition) is 4. The third-order valence-electron chi connectivity index (χ3n) is 5.97. The van der Waals surface area contributed by atoms with Crippen molar-refractivity contribution in [1.29, 1.82) is 0 Å². The Morgan fingerprint density at radius 1 is 1.04 bits per heavy atom. The van der Waals surface area contributed by atoms with Crippen LogP contribution < -0.4 is 5.73 Å². The van der Waals surface area contributed by atoms with Crippen molar-refractivity contribution in [2.75, 3.05) is 13.1 Å². The highest BCUT2D eigenvalue weighted by molar-refractivity contribution is 5.94. The summed E-state index contributed by atoms with van der Waals surface area (Å²) in [5.74, 6) is 0.203. The second-order valence-corrected chi connectivity index (χ2v) is 7.84. The van der Waals surface area contributed by atoms with Crippen molar-refractivity contribution in [2.24, 2.45) is 11.7 Å². The molecule has 28 heavy (non-hydrogen) atoms. The van der Waals surface area contributed by atoms with Gasteiger partial charge in [-0.2, -0.15) is 0 Å². The second kappa shape index (κ2) is 8.09. The predicted octanol–water partition coefficient (Wildman–Crippen LogP) is 3.14. The highest BCUT2D eigenvalue weighted by atomic mass is 16.2. The van der Waals surface area contributed by atoms with Crippen molar-refractivity contribution in [1.82, 2.24) is 14.9 Å². The highest BCUT2D eigenvalue weighted by Gasteiger charge is 2.32. The Morgan fingerprint density at radius 2 is 1.82 bits per heavy atom. The summed E-state index contributed by atoms with van der Waals surface area (Å²) in [6.45, 7) is 1.52. The Balaban J connectivity index is 1.60. The average molecular weight is 378 g/mol. The summed E-state index contributed by atoms with van der Waals surface area (Å²) in [6.07, 6.45) is 9.70. The van der Waals surface area contributed by atoms with Crippen molar-refractivity contribution in [3.8, 4) is 11.3 Å². The fourth-order valence-corrected chi connectivity index (χ4v) is 4.52. The topological polar surface area (TPSA) is 89.2 Å². The summed E-state index contributed by atoms with van der Waals surface area (Å²) < 4.78 is 0. The minimum atomic E-state index is -0.460. The minimum absolute atomic E-state index is 0.153. The molecule has 1 aliphatic carbocycles. The lowest BCUT2D eigenvalue weighted by Gasteiger charge is -2.34. The number of hydrogen-bond donors (Lipinski definition) is 1. The molecule has 2 aliphatic rings. The monoisotopic (exact) mass is 378 g/mol. The molecule has 6 heteroatoms. The molecule has 1 atom stereocenters. The van der Waals surface area contributed by atoms with E-state index in [4.69, 9.17) is 5.73 Å². The molecule has 1 saturated heterocycles. The molecule has 1 aliphatic heterocycles. The molecule has 0 unspecified atom stereocenters. The fourth-order valence-electron chi connectivity index (χ4n) is 4.52. The Bertz CT molecular complexity index is 876. The molecule has 0 spiro atoms. The zero-order chi connectivity index (χ0) is 19.5. The zero-order valence-electron chi connectivity index (χ0n) is 16.0. The van der Waals surface area contributed by atoms with Gasteiger partial charge in [0.05, 0.1) is 11.4 Å². The van der Waals surface area contributed by atoms with Crippen LogP contribution in [0.25, 0.3) is 11.3 Å². The molecule has 4 rings (SSSR count). The molecule has 6 nitrogen and oxygen atoms in total. The maximum absolute atomic E-state index is 12.9. The smallest absolute Gasteiger partial charge is 0.248 e. The molecule has 2 heterocycles. The first-order chi connectivity index (χ1) is 13.6. The molecule has 0 bridgehead atoms. The van der Waals surface area contributed by atoms with Crippen LogP contribution in [0.3, 0.4) is 0 Å². The molecule has 146 valence electrons. The largest absolute Gasteiger partial charge is 0.366 e. The van der Waals surface area contributed by atoms with Gasteiger partial charge in [0.2, 0.25) is 11.8 Å². The number of likely N-dealkylation sites (tertiary alicyclic amines) is 1. The summed E-state index contributed by atoms with van der Waals surface area (Å²) in [4.78, 5) is 35.7. The molecule has 2 aromatic rings. The van der Waals surface area contributed by atoms with Crippen molar-refractivity contribution in [3.63, 3.8) is 0 Å². The van der Waals surface area contributed by atoms with Gasteiger partial charge in [0.25, 0.3) is 0 Å². The number of primary amides is 1. The first-order valence-corrected chi connectivity index (χ1v) is 10.1. The Morgan fingerprint density at radius 3 is 2.61 bits per heavy atom. The molecule has 1 saturated carbocycles. The molecular weight excluding hydrogens is 352 g/mol. The standard InChI is InChI=1S/C22H26N4O2/c23-21(27)17-8-3-7-16(13-17)19-20(25-11-10-24-19)18-9-4-12-26(14-18)22(28)15-5-1-2-6-15/h3,7-8,10-11,13,15,18H,1-2,4-6,9,12,14H2,(H2,23,27)/t18-/m1/s1. The second-order valence-electron chi connectivity index (χ2n) is 7.84. The Hall–Kier alpha value is -2.76. The van der Waals surface area contributed by atoms with Gasteiger partial charge in [-0.1, -0.05) is 25.0 Å². The lowest BCUT2D eigenvalue weighted by Crippen LogP contribution is -2.42. The number of piperidine rings is 1. The number of carbonyl (C=O) groups is 2. The van der Waals surface area contributed by atoms with Crippen LogP contribution in [-0.2, 0) is 4.79 Å². The van der Waals surface area contributed by atoms with Crippen LogP contribution in [0, 0.1) is 5.92 Å². The van der Waals surface area contributed by atoms with Gasteiger partial charge in [0.15, 0.2) is 0 Å². The summed E-state index contributed by atoms with van der Waals surface area (Å²) in [5, 5.41) is 0. The number of benzene rings is 1. The number of aromatic nitrogens is 2. The lowest BCUT2D eigenvalue weighted by atomic mass is 9.90. The molecule has 2 amide bonds. The van der Waals surface area contributed by atoms with Gasteiger partial charge in [0, 0.05) is 48.4 Å². The van der Waals surface area contributed by atoms with Crippen LogP contribution in [0.15, 0.2) is 36.7 Å². The van der Waals surface area contributed by atoms with E-state index in [0.717, 1.165) is 62.0 Å². The van der Waals surface area contributed by atoms with Crippen molar-refractivity contribution in [2.45, 2.75) is 44.4 Å². The van der Waals surface area contributed by atoms with Gasteiger partial charge in [-0.25, -0.2) is 0 Å². The number of rotatable bonds is 4. The first kappa shape index (κ1) is 18.6. The van der Waals surface area contributed by atoms with E-state index in [9.17, 15) is 9.59 Å². The third kappa shape index (κ3) is 3.77. The van der Waals surface area contributed by atoms with Gasteiger partial charge in [-0.05, 0) is 37.8 Å². The van der Waals surface area contributed by atoms with E-state index in [0.29, 0.717) is 18.0 Å². The number of nitrogens with two attached hydrogens (primary N) is 1. The van der Waals surface area contributed by atoms with Crippen molar-refractivity contribution in [3.05, 3.63) is 47.9 Å². The van der Waals surface area contributed by atoms with Crippen LogP contribution in [0.2, 0.25) is 0 Å². The quantitative estimate of drug-likeness (QED) is 0.885. The fraction of sp³-hybridized carbons (Fsp3) is 0.455. The van der Waals surface area contributed by atoms with Crippen LogP contribution >= 0.6 is 0 Å². The maximum atomic E-state index is 12.9. The van der Waals surface area contributed by atoms with Crippen LogP contribution in [0.4, 0.5) is 0 Å². The van der Waals surface area contributed by atoms with Gasteiger partial charge in [-0.15, -0.1) is 0 Å². The zero-order valence-corrected chi connectivity index (χ0v) is 16.0. The molecule has 0 radical (unpaired) electrons. The summed E-state index contributed by atoms with van der Waals surface area (Å²) >= 11 is 0. The van der Waals surface area contributed by atoms with Crippen molar-refractivity contribution < 1.29 is 9.59 Å². The van der Waals surface area contributed by atoms with E-state index < -0.39 is 5.91 Å². The van der Waals surface area contributed by atoms with E-state index >= 15 is 0 Å². The van der Waals surface area contributed by atoms with Crippen LogP contribution in [0.1, 0.15) is 60.5 Å². The average Bonchev–Trinajstić information content (AvgIpc) is 3.28. The number of carbonyl (C=O) groups excluding carboxylic acids is 2. The number of amides is 2. The van der Waals surface area contributed by atoms with Crippen LogP contribution in [-0.4, -0.2) is 39.8 Å². The van der Waals surface area contributed by atoms with E-state index in [1.807, 2.05) is 17.0 Å².